The van der Waals surface area contributed by atoms with Crippen LogP contribution in [-0.2, 0) is 11.3 Å². The Morgan fingerprint density at radius 3 is 3.06 bits per heavy atom. The van der Waals surface area contributed by atoms with Gasteiger partial charge in [0.2, 0.25) is 5.91 Å². The smallest absolute Gasteiger partial charge is 0.251 e. The average Bonchev–Trinajstić information content (AvgIpc) is 2.34. The number of amides is 1. The fourth-order valence-electron chi connectivity index (χ4n) is 2.07. The first-order valence-electron chi connectivity index (χ1n) is 5.94. The van der Waals surface area contributed by atoms with Gasteiger partial charge in [-0.2, -0.15) is 0 Å². The lowest BCUT2D eigenvalue weighted by Crippen LogP contribution is -2.53. The molecule has 0 unspecified atom stereocenters. The fourth-order valence-corrected chi connectivity index (χ4v) is 2.45. The molecule has 1 saturated heterocycles. The molecule has 98 valence electrons. The lowest BCUT2D eigenvalue weighted by molar-refractivity contribution is -0.134. The van der Waals surface area contributed by atoms with Crippen molar-refractivity contribution < 1.29 is 4.79 Å². The van der Waals surface area contributed by atoms with Gasteiger partial charge in [-0.3, -0.25) is 9.59 Å². The van der Waals surface area contributed by atoms with Crippen LogP contribution < -0.4 is 10.9 Å². The molecular weight excluding hydrogens is 298 g/mol. The third kappa shape index (κ3) is 3.00. The number of nitrogens with zero attached hydrogens (tertiary/aromatic N) is 2. The summed E-state index contributed by atoms with van der Waals surface area (Å²) in [6.07, 6.45) is 1.65. The van der Waals surface area contributed by atoms with Gasteiger partial charge in [-0.05, 0) is 28.9 Å². The molecular formula is C12H16BrN3O2. The van der Waals surface area contributed by atoms with E-state index in [-0.39, 0.29) is 24.1 Å². The van der Waals surface area contributed by atoms with Crippen molar-refractivity contribution in [3.8, 4) is 0 Å². The van der Waals surface area contributed by atoms with Crippen LogP contribution >= 0.6 is 15.9 Å². The Morgan fingerprint density at radius 2 is 2.33 bits per heavy atom. The molecule has 1 fully saturated rings. The van der Waals surface area contributed by atoms with Crippen LogP contribution in [0.4, 0.5) is 0 Å². The van der Waals surface area contributed by atoms with Crippen LogP contribution in [0.15, 0.2) is 27.6 Å². The summed E-state index contributed by atoms with van der Waals surface area (Å²) in [5.41, 5.74) is -0.158. The number of piperazine rings is 1. The molecule has 0 aliphatic carbocycles. The summed E-state index contributed by atoms with van der Waals surface area (Å²) in [4.78, 5) is 25.6. The number of aromatic nitrogens is 1. The first kappa shape index (κ1) is 13.3. The fraction of sp³-hybridized carbons (Fsp3) is 0.500. The zero-order valence-electron chi connectivity index (χ0n) is 10.2. The van der Waals surface area contributed by atoms with Gasteiger partial charge in [-0.25, -0.2) is 0 Å². The molecule has 2 heterocycles. The topological polar surface area (TPSA) is 54.3 Å². The van der Waals surface area contributed by atoms with Crippen molar-refractivity contribution >= 4 is 21.8 Å². The van der Waals surface area contributed by atoms with Gasteiger partial charge in [0.1, 0.15) is 6.54 Å². The van der Waals surface area contributed by atoms with E-state index in [1.165, 1.54) is 10.6 Å². The van der Waals surface area contributed by atoms with Gasteiger partial charge < -0.3 is 14.8 Å². The standard InChI is InChI=1S/C12H16BrN3O2/c1-9-6-14-4-5-16(9)12(18)8-15-7-10(13)2-3-11(15)17/h2-3,7,9,14H,4-6,8H2,1H3/t9-/m0/s1. The van der Waals surface area contributed by atoms with Crippen LogP contribution in [0.5, 0.6) is 0 Å². The zero-order valence-corrected chi connectivity index (χ0v) is 11.8. The Morgan fingerprint density at radius 1 is 1.56 bits per heavy atom. The Bertz CT molecular complexity index is 500. The number of carbonyl (C=O) groups is 1. The average molecular weight is 314 g/mol. The van der Waals surface area contributed by atoms with Crippen LogP contribution in [0.3, 0.4) is 0 Å². The molecule has 5 nitrogen and oxygen atoms in total. The molecule has 0 radical (unpaired) electrons. The van der Waals surface area contributed by atoms with Gasteiger partial charge in [-0.15, -0.1) is 0 Å². The van der Waals surface area contributed by atoms with Gasteiger partial charge in [0.15, 0.2) is 0 Å². The highest BCUT2D eigenvalue weighted by atomic mass is 79.9. The molecule has 0 bridgehead atoms. The van der Waals surface area contributed by atoms with Crippen LogP contribution in [0, 0.1) is 0 Å². The summed E-state index contributed by atoms with van der Waals surface area (Å²) < 4.78 is 2.23. The van der Waals surface area contributed by atoms with E-state index in [4.69, 9.17) is 0 Å². The number of rotatable bonds is 2. The Kier molecular flexibility index (Phi) is 4.19. The molecule has 1 aliphatic rings. The number of carbonyl (C=O) groups excluding carboxylic acids is 1. The third-order valence-corrected chi connectivity index (χ3v) is 3.54. The SMILES string of the molecule is C[C@H]1CNCCN1C(=O)Cn1cc(Br)ccc1=O. The minimum atomic E-state index is -0.158. The molecule has 1 aromatic heterocycles. The van der Waals surface area contributed by atoms with Crippen molar-refractivity contribution in [2.24, 2.45) is 0 Å². The maximum atomic E-state index is 12.2. The number of pyridine rings is 1. The second kappa shape index (κ2) is 5.67. The summed E-state index contributed by atoms with van der Waals surface area (Å²) >= 11 is 3.30. The first-order chi connectivity index (χ1) is 8.58. The molecule has 6 heteroatoms. The summed E-state index contributed by atoms with van der Waals surface area (Å²) in [6.45, 7) is 4.42. The molecule has 0 aromatic carbocycles. The van der Waals surface area contributed by atoms with Crippen molar-refractivity contribution in [1.29, 1.82) is 0 Å². The van der Waals surface area contributed by atoms with E-state index >= 15 is 0 Å². The predicted octanol–water partition coefficient (Wildman–Crippen LogP) is 0.431. The van der Waals surface area contributed by atoms with Crippen molar-refractivity contribution in [1.82, 2.24) is 14.8 Å². The molecule has 18 heavy (non-hydrogen) atoms. The number of nitrogens with one attached hydrogen (secondary N) is 1. The zero-order chi connectivity index (χ0) is 13.1. The van der Waals surface area contributed by atoms with Gasteiger partial charge in [0, 0.05) is 42.4 Å². The van der Waals surface area contributed by atoms with Crippen molar-refractivity contribution in [3.05, 3.63) is 33.2 Å². The highest BCUT2D eigenvalue weighted by Gasteiger charge is 2.23. The lowest BCUT2D eigenvalue weighted by atomic mass is 10.2. The maximum absolute atomic E-state index is 12.2. The maximum Gasteiger partial charge on any atom is 0.251 e. The van der Waals surface area contributed by atoms with E-state index in [1.54, 1.807) is 12.3 Å². The van der Waals surface area contributed by atoms with E-state index in [2.05, 4.69) is 21.2 Å². The molecule has 1 aromatic rings. The second-order valence-corrected chi connectivity index (χ2v) is 5.37. The summed E-state index contributed by atoms with van der Waals surface area (Å²) in [6, 6.07) is 3.31. The molecule has 2 rings (SSSR count). The van der Waals surface area contributed by atoms with Gasteiger partial charge in [0.25, 0.3) is 5.56 Å². The largest absolute Gasteiger partial charge is 0.336 e. The third-order valence-electron chi connectivity index (χ3n) is 3.07. The van der Waals surface area contributed by atoms with E-state index in [1.807, 2.05) is 11.8 Å². The van der Waals surface area contributed by atoms with Gasteiger partial charge in [0.05, 0.1) is 0 Å². The molecule has 1 N–H and O–H groups in total. The quantitative estimate of drug-likeness (QED) is 0.861. The van der Waals surface area contributed by atoms with Gasteiger partial charge in [-0.1, -0.05) is 0 Å². The molecule has 1 amide bonds. The van der Waals surface area contributed by atoms with Crippen LogP contribution in [0.25, 0.3) is 0 Å². The highest BCUT2D eigenvalue weighted by Crippen LogP contribution is 2.07. The van der Waals surface area contributed by atoms with Crippen LogP contribution in [-0.4, -0.2) is 41.1 Å². The van der Waals surface area contributed by atoms with E-state index in [0.717, 1.165) is 17.6 Å². The first-order valence-corrected chi connectivity index (χ1v) is 6.73. The Labute approximate surface area is 114 Å². The molecule has 0 spiro atoms. The lowest BCUT2D eigenvalue weighted by Gasteiger charge is -2.34. The second-order valence-electron chi connectivity index (χ2n) is 4.45. The Balaban J connectivity index is 2.11. The summed E-state index contributed by atoms with van der Waals surface area (Å²) in [5, 5.41) is 3.23. The minimum absolute atomic E-state index is 0.01000. The van der Waals surface area contributed by atoms with Crippen molar-refractivity contribution in [2.45, 2.75) is 19.5 Å². The monoisotopic (exact) mass is 313 g/mol. The van der Waals surface area contributed by atoms with E-state index in [0.29, 0.717) is 6.54 Å². The van der Waals surface area contributed by atoms with Gasteiger partial charge >= 0.3 is 0 Å². The number of halogens is 1. The van der Waals surface area contributed by atoms with Crippen molar-refractivity contribution in [2.75, 3.05) is 19.6 Å². The molecule has 1 atom stereocenters. The van der Waals surface area contributed by atoms with Crippen LogP contribution in [0.1, 0.15) is 6.92 Å². The number of hydrogen-bond donors (Lipinski definition) is 1. The normalized spacial score (nSPS) is 19.9. The van der Waals surface area contributed by atoms with E-state index in [9.17, 15) is 9.59 Å². The summed E-state index contributed by atoms with van der Waals surface area (Å²) in [7, 11) is 0. The number of hydrogen-bond acceptors (Lipinski definition) is 3. The predicted molar refractivity (Wildman–Crippen MR) is 72.4 cm³/mol. The minimum Gasteiger partial charge on any atom is -0.336 e. The van der Waals surface area contributed by atoms with E-state index < -0.39 is 0 Å². The molecule has 1 aliphatic heterocycles. The molecule has 0 saturated carbocycles. The summed E-state index contributed by atoms with van der Waals surface area (Å²) in [5.74, 6) is -0.01000. The Hall–Kier alpha value is -1.14. The van der Waals surface area contributed by atoms with Crippen LogP contribution in [0.2, 0.25) is 0 Å². The van der Waals surface area contributed by atoms with Crippen molar-refractivity contribution in [3.63, 3.8) is 0 Å². The highest BCUT2D eigenvalue weighted by molar-refractivity contribution is 9.10.